The molecule has 58 nitrogen and oxygen atoms in total. The monoisotopic (exact) mass is 2270 g/mol. The van der Waals surface area contributed by atoms with Gasteiger partial charge in [0.05, 0.1) is 94.8 Å². The molecule has 72 heteroatoms. The van der Waals surface area contributed by atoms with E-state index in [-0.39, 0.29) is 75.8 Å². The molecule has 7 fully saturated rings. The third-order valence-corrected chi connectivity index (χ3v) is 34.5. The lowest BCUT2D eigenvalue weighted by Crippen LogP contribution is -2.35. The first-order chi connectivity index (χ1) is 66.9. The van der Waals surface area contributed by atoms with Gasteiger partial charge in [0.1, 0.15) is 132 Å². The highest BCUT2D eigenvalue weighted by molar-refractivity contribution is 8.32. The minimum Gasteiger partial charge on any atom is -0.780 e. The third kappa shape index (κ3) is 26.8. The van der Waals surface area contributed by atoms with E-state index in [4.69, 9.17) is 197 Å². The fraction of sp³-hybridized carbons (Fsp3) is 0.592. The van der Waals surface area contributed by atoms with Gasteiger partial charge >= 0.3 is 34.1 Å². The molecule has 0 aliphatic carbocycles. The first-order valence-corrected chi connectivity index (χ1v) is 60.5. The number of nitrogens with one attached hydrogen (secondary N) is 5. The largest absolute Gasteiger partial charge is 0.780 e. The Morgan fingerprint density at radius 3 is 0.937 bits per heavy atom. The van der Waals surface area contributed by atoms with E-state index in [0.717, 1.165) is 53.1 Å². The molecule has 0 radical (unpaired) electrons. The first-order valence-electron chi connectivity index (χ1n) is 42.6. The molecule has 7 aliphatic heterocycles. The molecule has 0 bridgehead atoms. The number of aryl methyl sites for hydroxylation is 6. The number of nitrogens with zero attached hydrogens (tertiary/aromatic N) is 11. The number of aromatic amines is 5. The van der Waals surface area contributed by atoms with Crippen LogP contribution in [0.3, 0.4) is 0 Å². The van der Waals surface area contributed by atoms with Crippen LogP contribution in [-0.4, -0.2) is 209 Å². The molecule has 0 saturated carbocycles. The van der Waals surface area contributed by atoms with Crippen molar-refractivity contribution >= 4 is 159 Å². The molecule has 0 spiro atoms. The van der Waals surface area contributed by atoms with Gasteiger partial charge in [-0.25, -0.2) is 33.8 Å². The molecule has 0 aromatic carbocycles. The number of nitrogens with two attached hydrogens (primary N) is 3. The average molecular weight is 2270 g/mol. The summed E-state index contributed by atoms with van der Waals surface area (Å²) in [6.45, 7) is -29.2. The fourth-order valence-corrected chi connectivity index (χ4v) is 25.9. The number of hydrogen-bond donors (Lipinski definition) is 8. The van der Waals surface area contributed by atoms with Crippen molar-refractivity contribution < 1.29 is 130 Å². The second-order valence-corrected chi connectivity index (χ2v) is 52.5. The molecule has 0 amide bonds. The molecule has 15 rings (SSSR count). The van der Waals surface area contributed by atoms with Crippen molar-refractivity contribution in [2.75, 3.05) is 64.0 Å². The molecular formula is C71H89N19O39P7S7-7. The summed E-state index contributed by atoms with van der Waals surface area (Å²) < 4.78 is 146. The standard InChI is InChI=1S/C71H96N19O39P7S7/c1-29-16-84(66(96)76-57(29)72)50-10-38(44(117-50)23-110-131(103,138)123-36-9-49(116-35(36)7)86-18-31(3)60(91)80-68(86)98)125-133(105,140)112-24-45-39(11-51(118-45)85-17-30(2)58(73)77-67(85)97)126-134(106,141)113-25-47-41(13-53(120-47)88-20-33(5)62(93)82-70(88)100)128-136(108,143)115-27-48-42(14-54(121-48)89-21-34(6)63(94)83-71(89)101)129-135(107,142)114-26-46-40(12-52(119-46)87-19-32(4)61(92)81-69(87)99)127-132(104,139)111-22-43-37(124-130(102,137)109-8)15-55(122-43)90-28-75-56-59(90)78-65(74)79-64(56)95/h16-21,28,35-55H,9-15,22-27H2,1-8H3,(H,102,137)(H,103,138)(H,104,139)(H,105,140)(H,106,141)(H,107,142)(H,108,143)(H2,72,76,96)(H2,73,77,97)(H,80,91,98)(H,81,92,99)(H,82,93,100)(H,83,94,101)(H3,74,78,79,95)/p-7/t35-,36?,37?,38?,39?,40?,41?,42?,43-,44-,45-,46-,47-,48-,49-,50-,51-,52-,53-,54-,55-,130?,131?,132?,133?,134?,135?,136?/m1/s1. The molecule has 143 heavy (non-hydrogen) atoms. The van der Waals surface area contributed by atoms with Crippen molar-refractivity contribution in [2.45, 2.75) is 222 Å². The van der Waals surface area contributed by atoms with Gasteiger partial charge in [0.15, 0.2) is 18.0 Å². The Morgan fingerprint density at radius 1 is 0.364 bits per heavy atom. The van der Waals surface area contributed by atoms with E-state index < -0.39 is 303 Å². The number of aromatic nitrogens is 16. The van der Waals surface area contributed by atoms with Crippen LogP contribution in [0.25, 0.3) is 11.2 Å². The molecule has 7 aliphatic rings. The van der Waals surface area contributed by atoms with Gasteiger partial charge in [-0.15, -0.1) is 0 Å². The van der Waals surface area contributed by atoms with Gasteiger partial charge in [-0.3, -0.25) is 85.4 Å². The summed E-state index contributed by atoms with van der Waals surface area (Å²) >= 11 is 37.6. The molecule has 14 unspecified atom stereocenters. The van der Waals surface area contributed by atoms with E-state index in [1.807, 2.05) is 0 Å². The number of H-pyrrole nitrogens is 5. The van der Waals surface area contributed by atoms with Gasteiger partial charge in [-0.05, 0) is 48.5 Å². The van der Waals surface area contributed by atoms with Crippen LogP contribution in [0.1, 0.15) is 129 Å². The lowest BCUT2D eigenvalue weighted by atomic mass is 10.2. The number of nitrogen functional groups attached to an aromatic ring is 3. The molecular weight excluding hydrogens is 2180 g/mol. The van der Waals surface area contributed by atoms with Gasteiger partial charge in [0, 0.05) is 123 Å². The normalized spacial score (nSPS) is 29.7. The Bertz CT molecular complexity index is 7290. The molecule has 786 valence electrons. The summed E-state index contributed by atoms with van der Waals surface area (Å²) in [6, 6.07) is 0. The van der Waals surface area contributed by atoms with Crippen LogP contribution in [0.2, 0.25) is 0 Å². The van der Waals surface area contributed by atoms with Crippen LogP contribution < -0.4 is 108 Å². The highest BCUT2D eigenvalue weighted by Gasteiger charge is 2.49. The lowest BCUT2D eigenvalue weighted by molar-refractivity contribution is -0.221. The quantitative estimate of drug-likeness (QED) is 0.0134. The number of ether oxygens (including phenoxy) is 7. The Labute approximate surface area is 838 Å². The second-order valence-electron chi connectivity index (χ2n) is 33.5. The Kier molecular flexibility index (Phi) is 34.3. The third-order valence-electron chi connectivity index (χ3n) is 23.4. The minimum atomic E-state index is -5.10. The van der Waals surface area contributed by atoms with E-state index in [1.54, 1.807) is 6.92 Å². The van der Waals surface area contributed by atoms with Crippen molar-refractivity contribution in [1.29, 1.82) is 0 Å². The van der Waals surface area contributed by atoms with Gasteiger partial charge in [0.2, 0.25) is 5.95 Å². The van der Waals surface area contributed by atoms with Crippen LogP contribution in [0, 0.1) is 41.5 Å². The topological polar surface area (TPSA) is 780 Å². The maximum absolute atomic E-state index is 14.9. The van der Waals surface area contributed by atoms with Gasteiger partial charge in [0.25, 0.3) is 27.8 Å². The Morgan fingerprint density at radius 2 is 0.622 bits per heavy atom. The molecule has 7 saturated heterocycles. The van der Waals surface area contributed by atoms with Crippen LogP contribution in [-0.2, 0) is 184 Å². The fourth-order valence-electron chi connectivity index (χ4n) is 16.2. The predicted molar refractivity (Wildman–Crippen MR) is 505 cm³/mol. The molecule has 8 aromatic rings. The maximum atomic E-state index is 14.9. The molecule has 11 N–H and O–H groups in total. The summed E-state index contributed by atoms with van der Waals surface area (Å²) in [5.74, 6) is -0.569. The highest BCUT2D eigenvalue weighted by atomic mass is 32.7. The molecule has 28 atom stereocenters. The summed E-state index contributed by atoms with van der Waals surface area (Å²) in [5.41, 5.74) is 8.85. The minimum absolute atomic E-state index is 0.0153. The van der Waals surface area contributed by atoms with E-state index in [0.29, 0.717) is 5.56 Å². The van der Waals surface area contributed by atoms with Gasteiger partial charge in [-0.2, -0.15) is 15.0 Å². The molecule has 8 aromatic heterocycles. The van der Waals surface area contributed by atoms with Crippen molar-refractivity contribution in [3.63, 3.8) is 0 Å². The van der Waals surface area contributed by atoms with Gasteiger partial charge < -0.3 is 155 Å². The SMILES string of the molecule is COP([O-])(=S)OC1C[C@H](n2cnc3c(=O)[nH]c(N)nc32)O[C@@H]1COP([O-])(=S)OC1C[C@H](n2cc(C)c(=O)[nH]c2=O)O[C@@H]1COP([O-])(=S)OC1C[C@H](n2cc(C)c(=O)[nH]c2=O)O[C@@H]1COP([O-])(=S)OC1C[C@H](n2cc(C)c(=O)[nH]c2=O)O[C@@H]1COP([O-])(=S)OC1C[C@H](n2cc(C)c(N)nc2=O)O[C@@H]1COP(=O)([S-])OC1C[C@H](n2cc(C)c(N)nc2=O)O[C@@H]1COP([O-])(=S)OC1C[C@H](n2cc(C)c(=O)[nH]c2=O)O[C@@H]1C. The van der Waals surface area contributed by atoms with Crippen LogP contribution in [0.4, 0.5) is 17.6 Å². The average Bonchev–Trinajstić information content (AvgIpc) is 1.62. The summed E-state index contributed by atoms with van der Waals surface area (Å²) in [4.78, 5) is 256. The van der Waals surface area contributed by atoms with E-state index >= 15 is 0 Å². The number of rotatable bonds is 40. The number of hydrogen-bond acceptors (Lipinski definition) is 53. The first kappa shape index (κ1) is 111. The van der Waals surface area contributed by atoms with Crippen molar-refractivity contribution in [3.05, 3.63) is 192 Å². The van der Waals surface area contributed by atoms with E-state index in [9.17, 15) is 86.7 Å². The zero-order chi connectivity index (χ0) is 104. The van der Waals surface area contributed by atoms with E-state index in [2.05, 4.69) is 44.9 Å². The number of anilines is 3. The number of imidazole rings is 1. The highest BCUT2D eigenvalue weighted by Crippen LogP contribution is 2.57. The smallest absolute Gasteiger partial charge is 0.351 e. The number of fused-ring (bicyclic) bond motifs is 1. The molecule has 15 heterocycles. The zero-order valence-corrected chi connectivity index (χ0v) is 87.4. The Balaban J connectivity index is 0.631. The summed E-state index contributed by atoms with van der Waals surface area (Å²) in [6.07, 6.45) is -24.1. The summed E-state index contributed by atoms with van der Waals surface area (Å²) in [5, 5.41) is 0. The maximum Gasteiger partial charge on any atom is 0.351 e. The summed E-state index contributed by atoms with van der Waals surface area (Å²) in [7, 11) is 1.02. The van der Waals surface area contributed by atoms with Gasteiger partial charge in [-0.1, -0.05) is 70.8 Å². The Hall–Kier alpha value is -6.37. The van der Waals surface area contributed by atoms with Crippen LogP contribution in [0.5, 0.6) is 0 Å². The second kappa shape index (κ2) is 44.3. The predicted octanol–water partition coefficient (Wildman–Crippen LogP) is -3.93. The van der Waals surface area contributed by atoms with E-state index in [1.165, 1.54) is 71.0 Å². The van der Waals surface area contributed by atoms with Crippen molar-refractivity contribution in [1.82, 2.24) is 76.8 Å². The zero-order valence-electron chi connectivity index (χ0n) is 75.4. The lowest BCUT2D eigenvalue weighted by Gasteiger charge is -2.36. The van der Waals surface area contributed by atoms with Crippen molar-refractivity contribution in [2.24, 2.45) is 0 Å². The van der Waals surface area contributed by atoms with Crippen LogP contribution in [0.15, 0.2) is 96.2 Å². The van der Waals surface area contributed by atoms with Crippen LogP contribution >= 0.6 is 47.1 Å². The van der Waals surface area contributed by atoms with Crippen molar-refractivity contribution in [3.8, 4) is 0 Å².